The summed E-state index contributed by atoms with van der Waals surface area (Å²) in [5.41, 5.74) is 3.54. The Bertz CT molecular complexity index is 847. The molecule has 0 bridgehead atoms. The second kappa shape index (κ2) is 10.3. The summed E-state index contributed by atoms with van der Waals surface area (Å²) < 4.78 is 6.29. The molecule has 4 rings (SSSR count). The van der Waals surface area contributed by atoms with Crippen molar-refractivity contribution in [3.8, 4) is 0 Å². The number of ether oxygens (including phenoxy) is 1. The van der Waals surface area contributed by atoms with Gasteiger partial charge in [0, 0.05) is 12.2 Å². The van der Waals surface area contributed by atoms with Gasteiger partial charge in [-0.2, -0.15) is 0 Å². The lowest BCUT2D eigenvalue weighted by Crippen LogP contribution is -2.53. The van der Waals surface area contributed by atoms with Crippen molar-refractivity contribution in [2.45, 2.75) is 77.2 Å². The van der Waals surface area contributed by atoms with Crippen LogP contribution in [0.5, 0.6) is 0 Å². The van der Waals surface area contributed by atoms with E-state index in [1.54, 1.807) is 0 Å². The van der Waals surface area contributed by atoms with Crippen molar-refractivity contribution in [1.82, 2.24) is 5.32 Å². The number of aryl methyl sites for hydroxylation is 1. The third kappa shape index (κ3) is 5.12. The van der Waals surface area contributed by atoms with Crippen LogP contribution in [0.1, 0.15) is 69.1 Å². The molecule has 4 heteroatoms. The Labute approximate surface area is 187 Å². The number of rotatable bonds is 9. The summed E-state index contributed by atoms with van der Waals surface area (Å²) in [5, 5.41) is 3.24. The average Bonchev–Trinajstić information content (AvgIpc) is 3.59. The van der Waals surface area contributed by atoms with Gasteiger partial charge in [0.2, 0.25) is 5.91 Å². The van der Waals surface area contributed by atoms with E-state index in [2.05, 4.69) is 72.6 Å². The molecule has 166 valence electrons. The molecule has 2 aromatic carbocycles. The summed E-state index contributed by atoms with van der Waals surface area (Å²) in [6.07, 6.45) is 7.91. The second-order valence-corrected chi connectivity index (χ2v) is 9.03. The first-order chi connectivity index (χ1) is 15.2. The minimum absolute atomic E-state index is 0.0101. The Morgan fingerprint density at radius 1 is 1.06 bits per heavy atom. The third-order valence-electron chi connectivity index (χ3n) is 6.79. The number of hydrogen-bond donors (Lipinski definition) is 1. The van der Waals surface area contributed by atoms with E-state index in [4.69, 9.17) is 4.74 Å². The van der Waals surface area contributed by atoms with Gasteiger partial charge in [0.05, 0.1) is 0 Å². The van der Waals surface area contributed by atoms with Crippen LogP contribution in [0, 0.1) is 12.8 Å². The summed E-state index contributed by atoms with van der Waals surface area (Å²) in [6, 6.07) is 18.6. The fourth-order valence-corrected chi connectivity index (χ4v) is 5.03. The highest BCUT2D eigenvalue weighted by Crippen LogP contribution is 2.46. The maximum Gasteiger partial charge on any atom is 0.243 e. The zero-order valence-corrected chi connectivity index (χ0v) is 18.9. The molecule has 0 radical (unpaired) electrons. The van der Waals surface area contributed by atoms with Crippen LogP contribution >= 0.6 is 0 Å². The molecule has 4 nitrogen and oxygen atoms in total. The summed E-state index contributed by atoms with van der Waals surface area (Å²) in [7, 11) is 0. The number of anilines is 1. The Morgan fingerprint density at radius 2 is 1.77 bits per heavy atom. The first-order valence-corrected chi connectivity index (χ1v) is 12.0. The molecule has 2 aromatic rings. The lowest BCUT2D eigenvalue weighted by molar-refractivity contribution is -0.124. The van der Waals surface area contributed by atoms with Crippen molar-refractivity contribution in [3.05, 3.63) is 65.7 Å². The van der Waals surface area contributed by atoms with Crippen LogP contribution in [-0.4, -0.2) is 24.7 Å². The molecule has 1 amide bonds. The molecular formula is C27H36N2O2. The van der Waals surface area contributed by atoms with E-state index in [-0.39, 0.29) is 24.3 Å². The Kier molecular flexibility index (Phi) is 7.29. The summed E-state index contributed by atoms with van der Waals surface area (Å²) in [5.74, 6) is 0.514. The molecule has 3 unspecified atom stereocenters. The number of para-hydroxylation sites is 1. The average molecular weight is 421 g/mol. The molecule has 2 aliphatic rings. The molecule has 1 heterocycles. The van der Waals surface area contributed by atoms with E-state index >= 15 is 0 Å². The highest BCUT2D eigenvalue weighted by Gasteiger charge is 2.50. The summed E-state index contributed by atoms with van der Waals surface area (Å²) in [6.45, 7) is 5.04. The van der Waals surface area contributed by atoms with Crippen LogP contribution in [-0.2, 0) is 9.53 Å². The number of epoxide rings is 1. The summed E-state index contributed by atoms with van der Waals surface area (Å²) in [4.78, 5) is 15.9. The van der Waals surface area contributed by atoms with Gasteiger partial charge in [-0.3, -0.25) is 4.79 Å². The fourth-order valence-electron chi connectivity index (χ4n) is 5.03. The van der Waals surface area contributed by atoms with Gasteiger partial charge in [-0.15, -0.1) is 0 Å². The van der Waals surface area contributed by atoms with Gasteiger partial charge in [0.1, 0.15) is 12.1 Å². The van der Waals surface area contributed by atoms with Crippen molar-refractivity contribution in [2.24, 2.45) is 5.92 Å². The SMILES string of the molecule is CCCCNC(=O)C(C1CCCCC1)N(c1ccccc1)C1OC1c1ccccc1C. The minimum Gasteiger partial charge on any atom is -0.354 e. The van der Waals surface area contributed by atoms with Crippen LogP contribution in [0.2, 0.25) is 0 Å². The highest BCUT2D eigenvalue weighted by atomic mass is 16.6. The summed E-state index contributed by atoms with van der Waals surface area (Å²) >= 11 is 0. The number of carbonyl (C=O) groups excluding carboxylic acids is 1. The van der Waals surface area contributed by atoms with Gasteiger partial charge in [0.25, 0.3) is 0 Å². The maximum absolute atomic E-state index is 13.6. The zero-order valence-electron chi connectivity index (χ0n) is 18.9. The van der Waals surface area contributed by atoms with Crippen molar-refractivity contribution in [3.63, 3.8) is 0 Å². The molecule has 1 aliphatic heterocycles. The molecule has 31 heavy (non-hydrogen) atoms. The van der Waals surface area contributed by atoms with Crippen LogP contribution in [0.25, 0.3) is 0 Å². The van der Waals surface area contributed by atoms with E-state index in [9.17, 15) is 4.79 Å². The van der Waals surface area contributed by atoms with Crippen molar-refractivity contribution >= 4 is 11.6 Å². The quantitative estimate of drug-likeness (QED) is 0.414. The van der Waals surface area contributed by atoms with Crippen LogP contribution < -0.4 is 10.2 Å². The number of unbranched alkanes of at least 4 members (excludes halogenated alkanes) is 1. The number of carbonyl (C=O) groups is 1. The number of hydrogen-bond acceptors (Lipinski definition) is 3. The zero-order chi connectivity index (χ0) is 21.6. The van der Waals surface area contributed by atoms with Crippen molar-refractivity contribution in [1.29, 1.82) is 0 Å². The van der Waals surface area contributed by atoms with Crippen LogP contribution in [0.3, 0.4) is 0 Å². The second-order valence-electron chi connectivity index (χ2n) is 9.03. The third-order valence-corrected chi connectivity index (χ3v) is 6.79. The van der Waals surface area contributed by atoms with Gasteiger partial charge >= 0.3 is 0 Å². The number of amides is 1. The van der Waals surface area contributed by atoms with E-state index in [1.165, 1.54) is 30.4 Å². The smallest absolute Gasteiger partial charge is 0.243 e. The predicted molar refractivity (Wildman–Crippen MR) is 126 cm³/mol. The fraction of sp³-hybridized carbons (Fsp3) is 0.519. The Morgan fingerprint density at radius 3 is 2.48 bits per heavy atom. The van der Waals surface area contributed by atoms with Crippen molar-refractivity contribution < 1.29 is 9.53 Å². The van der Waals surface area contributed by atoms with E-state index in [1.807, 2.05) is 6.07 Å². The lowest BCUT2D eigenvalue weighted by Gasteiger charge is -2.38. The minimum atomic E-state index is -0.196. The highest BCUT2D eigenvalue weighted by molar-refractivity contribution is 5.86. The monoisotopic (exact) mass is 420 g/mol. The normalized spacial score (nSPS) is 22.0. The van der Waals surface area contributed by atoms with Crippen LogP contribution in [0.15, 0.2) is 54.6 Å². The molecule has 0 spiro atoms. The lowest BCUT2D eigenvalue weighted by atomic mass is 9.82. The van der Waals surface area contributed by atoms with Crippen molar-refractivity contribution in [2.75, 3.05) is 11.4 Å². The number of nitrogens with one attached hydrogen (secondary N) is 1. The molecule has 1 saturated carbocycles. The molecule has 1 saturated heterocycles. The van der Waals surface area contributed by atoms with E-state index in [0.29, 0.717) is 5.92 Å². The Hall–Kier alpha value is -2.33. The molecule has 1 aliphatic carbocycles. The Balaban J connectivity index is 1.65. The van der Waals surface area contributed by atoms with Gasteiger partial charge in [0.15, 0.2) is 6.23 Å². The molecule has 3 atom stereocenters. The molecule has 0 aromatic heterocycles. The first kappa shape index (κ1) is 21.9. The van der Waals surface area contributed by atoms with E-state index < -0.39 is 0 Å². The van der Waals surface area contributed by atoms with Gasteiger partial charge in [-0.1, -0.05) is 75.1 Å². The molecule has 2 fully saturated rings. The standard InChI is InChI=1S/C27H36N2O2/c1-3-4-19-28-26(30)24(21-14-7-5-8-15-21)29(22-16-9-6-10-17-22)27-25(31-27)23-18-12-11-13-20(23)2/h6,9-13,16-18,21,24-25,27H,3-5,7-8,14-15,19H2,1-2H3,(H,28,30). The molecule has 1 N–H and O–H groups in total. The predicted octanol–water partition coefficient (Wildman–Crippen LogP) is 5.76. The topological polar surface area (TPSA) is 44.9 Å². The van der Waals surface area contributed by atoms with Crippen LogP contribution in [0.4, 0.5) is 5.69 Å². The van der Waals surface area contributed by atoms with Gasteiger partial charge < -0.3 is 15.0 Å². The van der Waals surface area contributed by atoms with Gasteiger partial charge in [-0.05, 0) is 55.4 Å². The number of benzene rings is 2. The van der Waals surface area contributed by atoms with E-state index in [0.717, 1.165) is 37.9 Å². The first-order valence-electron chi connectivity index (χ1n) is 12.0. The van der Waals surface area contributed by atoms with Gasteiger partial charge in [-0.25, -0.2) is 0 Å². The largest absolute Gasteiger partial charge is 0.354 e. The number of nitrogens with zero attached hydrogens (tertiary/aromatic N) is 1. The maximum atomic E-state index is 13.6. The molecular weight excluding hydrogens is 384 g/mol.